The zero-order valence-electron chi connectivity index (χ0n) is 19.3. The molecule has 1 aliphatic rings. The lowest BCUT2D eigenvalue weighted by atomic mass is 10.1. The molecule has 9 nitrogen and oxygen atoms in total. The van der Waals surface area contributed by atoms with E-state index in [4.69, 9.17) is 0 Å². The van der Waals surface area contributed by atoms with Crippen LogP contribution in [0.15, 0.2) is 54.5 Å². The fraction of sp³-hybridized carbons (Fsp3) is 0.320. The summed E-state index contributed by atoms with van der Waals surface area (Å²) in [6.45, 7) is 4.87. The summed E-state index contributed by atoms with van der Waals surface area (Å²) in [7, 11) is 0. The maximum atomic E-state index is 12.8. The van der Waals surface area contributed by atoms with Gasteiger partial charge >= 0.3 is 0 Å². The highest BCUT2D eigenvalue weighted by Crippen LogP contribution is 2.30. The van der Waals surface area contributed by atoms with Crippen molar-refractivity contribution in [3.63, 3.8) is 0 Å². The molecule has 2 amide bonds. The molecule has 4 aromatic rings. The molecule has 4 aromatic heterocycles. The normalized spacial score (nSPS) is 15.7. The van der Waals surface area contributed by atoms with Gasteiger partial charge in [0.15, 0.2) is 0 Å². The summed E-state index contributed by atoms with van der Waals surface area (Å²) in [4.78, 5) is 34.7. The highest BCUT2D eigenvalue weighted by molar-refractivity contribution is 5.97. The molecule has 0 aliphatic carbocycles. The molecule has 1 fully saturated rings. The van der Waals surface area contributed by atoms with Crippen LogP contribution in [0.4, 0.5) is 0 Å². The number of amides is 2. The Bertz CT molecular complexity index is 1400. The number of rotatable bonds is 6. The lowest BCUT2D eigenvalue weighted by Gasteiger charge is -2.22. The van der Waals surface area contributed by atoms with Gasteiger partial charge in [-0.05, 0) is 56.5 Å². The van der Waals surface area contributed by atoms with Crippen LogP contribution in [0.5, 0.6) is 0 Å². The van der Waals surface area contributed by atoms with Gasteiger partial charge in [0.25, 0.3) is 0 Å². The van der Waals surface area contributed by atoms with E-state index >= 15 is 0 Å². The monoisotopic (exact) mass is 457 g/mol. The Morgan fingerprint density at radius 1 is 1.21 bits per heavy atom. The Balaban J connectivity index is 1.28. The molecule has 5 rings (SSSR count). The smallest absolute Gasteiger partial charge is 0.247 e. The van der Waals surface area contributed by atoms with Crippen LogP contribution in [0.2, 0.25) is 0 Å². The van der Waals surface area contributed by atoms with Crippen molar-refractivity contribution in [3.05, 3.63) is 60.2 Å². The van der Waals surface area contributed by atoms with Crippen molar-refractivity contribution in [2.75, 3.05) is 13.1 Å². The first-order valence-electron chi connectivity index (χ1n) is 11.5. The van der Waals surface area contributed by atoms with Crippen LogP contribution in [0.25, 0.3) is 27.7 Å². The highest BCUT2D eigenvalue weighted by atomic mass is 16.2. The summed E-state index contributed by atoms with van der Waals surface area (Å²) in [5.74, 6) is -0.184. The Labute approximate surface area is 196 Å². The van der Waals surface area contributed by atoms with Gasteiger partial charge in [0.2, 0.25) is 11.8 Å². The predicted molar refractivity (Wildman–Crippen MR) is 129 cm³/mol. The summed E-state index contributed by atoms with van der Waals surface area (Å²) in [6, 6.07) is 7.53. The zero-order valence-corrected chi connectivity index (χ0v) is 19.3. The zero-order chi connectivity index (χ0) is 23.7. The van der Waals surface area contributed by atoms with Crippen molar-refractivity contribution in [1.82, 2.24) is 35.0 Å². The number of fused-ring (bicyclic) bond motifs is 2. The number of aromatic nitrogens is 5. The van der Waals surface area contributed by atoms with E-state index in [1.54, 1.807) is 28.0 Å². The van der Waals surface area contributed by atoms with Gasteiger partial charge in [-0.3, -0.25) is 9.59 Å². The summed E-state index contributed by atoms with van der Waals surface area (Å²) in [5, 5.41) is 12.6. The Morgan fingerprint density at radius 2 is 2.09 bits per heavy atom. The van der Waals surface area contributed by atoms with Gasteiger partial charge in [0.05, 0.1) is 11.7 Å². The van der Waals surface area contributed by atoms with Crippen molar-refractivity contribution in [3.8, 4) is 11.1 Å². The SMILES string of the molecule is CC(C)=CC(=O)N1CCC[C@H]1C(=O)NCCc1cc2c(-c3cnn4ncccc34)ccnc2[nH]1. The topological polar surface area (TPSA) is 108 Å². The lowest BCUT2D eigenvalue weighted by Crippen LogP contribution is -2.46. The molecule has 1 saturated heterocycles. The van der Waals surface area contributed by atoms with Crippen LogP contribution in [-0.4, -0.2) is 60.6 Å². The number of carbonyl (C=O) groups excluding carboxylic acids is 2. The van der Waals surface area contributed by atoms with Gasteiger partial charge in [-0.15, -0.1) is 0 Å². The fourth-order valence-electron chi connectivity index (χ4n) is 4.56. The van der Waals surface area contributed by atoms with E-state index in [-0.39, 0.29) is 11.8 Å². The minimum absolute atomic E-state index is 0.0882. The second kappa shape index (κ2) is 9.09. The number of nitrogens with zero attached hydrogens (tertiary/aromatic N) is 5. The van der Waals surface area contributed by atoms with E-state index in [0.717, 1.165) is 45.4 Å². The van der Waals surface area contributed by atoms with E-state index in [0.29, 0.717) is 25.9 Å². The number of hydrogen-bond acceptors (Lipinski definition) is 5. The fourth-order valence-corrected chi connectivity index (χ4v) is 4.56. The number of pyridine rings is 1. The van der Waals surface area contributed by atoms with Crippen LogP contribution >= 0.6 is 0 Å². The van der Waals surface area contributed by atoms with Gasteiger partial charge in [0, 0.05) is 54.6 Å². The minimum atomic E-state index is -0.400. The molecule has 0 aromatic carbocycles. The van der Waals surface area contributed by atoms with E-state index < -0.39 is 6.04 Å². The molecular formula is C25H27N7O2. The standard InChI is InChI=1S/C25H27N7O2/c1-16(2)13-23(33)31-12-4-6-22(31)25(34)27-10-7-17-14-19-18(8-11-26-24(19)30-17)20-15-29-32-21(20)5-3-9-28-32/h3,5,8-9,11,13-15,22H,4,6-7,10,12H2,1-2H3,(H,26,30)(H,27,34)/t22-/m0/s1. The van der Waals surface area contributed by atoms with Gasteiger partial charge < -0.3 is 15.2 Å². The van der Waals surface area contributed by atoms with Gasteiger partial charge in [-0.25, -0.2) is 4.98 Å². The molecular weight excluding hydrogens is 430 g/mol. The summed E-state index contributed by atoms with van der Waals surface area (Å²) < 4.78 is 1.61. The first-order valence-corrected chi connectivity index (χ1v) is 11.5. The molecule has 0 radical (unpaired) electrons. The number of H-pyrrole nitrogens is 1. The lowest BCUT2D eigenvalue weighted by molar-refractivity contribution is -0.135. The van der Waals surface area contributed by atoms with E-state index in [1.807, 2.05) is 38.2 Å². The average molecular weight is 458 g/mol. The number of carbonyl (C=O) groups is 2. The number of allylic oxidation sites excluding steroid dienone is 1. The molecule has 0 saturated carbocycles. The van der Waals surface area contributed by atoms with Gasteiger partial charge in [0.1, 0.15) is 11.7 Å². The highest BCUT2D eigenvalue weighted by Gasteiger charge is 2.32. The molecule has 0 bridgehead atoms. The maximum Gasteiger partial charge on any atom is 0.247 e. The molecule has 34 heavy (non-hydrogen) atoms. The first-order chi connectivity index (χ1) is 16.5. The van der Waals surface area contributed by atoms with Crippen molar-refractivity contribution in [1.29, 1.82) is 0 Å². The van der Waals surface area contributed by atoms with Gasteiger partial charge in [-0.2, -0.15) is 14.8 Å². The first kappa shape index (κ1) is 21.8. The third-order valence-electron chi connectivity index (χ3n) is 6.13. The minimum Gasteiger partial charge on any atom is -0.354 e. The van der Waals surface area contributed by atoms with Crippen molar-refractivity contribution >= 4 is 28.4 Å². The molecule has 1 aliphatic heterocycles. The van der Waals surface area contributed by atoms with Crippen molar-refractivity contribution in [2.45, 2.75) is 39.2 Å². The summed E-state index contributed by atoms with van der Waals surface area (Å²) >= 11 is 0. The van der Waals surface area contributed by atoms with E-state index in [9.17, 15) is 9.59 Å². The Morgan fingerprint density at radius 3 is 2.94 bits per heavy atom. The predicted octanol–water partition coefficient (Wildman–Crippen LogP) is 2.89. The number of aromatic amines is 1. The molecule has 0 spiro atoms. The number of hydrogen-bond donors (Lipinski definition) is 2. The number of likely N-dealkylation sites (tertiary alicyclic amines) is 1. The molecule has 174 valence electrons. The van der Waals surface area contributed by atoms with Crippen LogP contribution in [0.1, 0.15) is 32.4 Å². The van der Waals surface area contributed by atoms with Crippen LogP contribution in [-0.2, 0) is 16.0 Å². The second-order valence-electron chi connectivity index (χ2n) is 8.82. The summed E-state index contributed by atoms with van der Waals surface area (Å²) in [6.07, 6.45) is 9.06. The average Bonchev–Trinajstić information content (AvgIpc) is 3.55. The number of nitrogens with one attached hydrogen (secondary N) is 2. The van der Waals surface area contributed by atoms with Crippen molar-refractivity contribution in [2.24, 2.45) is 0 Å². The molecule has 5 heterocycles. The largest absolute Gasteiger partial charge is 0.354 e. The Hall–Kier alpha value is -4.01. The van der Waals surface area contributed by atoms with Crippen LogP contribution < -0.4 is 5.32 Å². The van der Waals surface area contributed by atoms with Crippen molar-refractivity contribution < 1.29 is 9.59 Å². The van der Waals surface area contributed by atoms with Crippen LogP contribution in [0.3, 0.4) is 0 Å². The molecule has 0 unspecified atom stereocenters. The third kappa shape index (κ3) is 4.16. The molecule has 9 heteroatoms. The van der Waals surface area contributed by atoms with E-state index in [2.05, 4.69) is 31.5 Å². The quantitative estimate of drug-likeness (QED) is 0.433. The second-order valence-corrected chi connectivity index (χ2v) is 8.82. The van der Waals surface area contributed by atoms with Crippen LogP contribution in [0, 0.1) is 0 Å². The van der Waals surface area contributed by atoms with Gasteiger partial charge in [-0.1, -0.05) is 5.57 Å². The van der Waals surface area contributed by atoms with E-state index in [1.165, 1.54) is 0 Å². The molecule has 2 N–H and O–H groups in total. The Kier molecular flexibility index (Phi) is 5.83. The maximum absolute atomic E-state index is 12.8. The molecule has 1 atom stereocenters. The summed E-state index contributed by atoms with van der Waals surface area (Å²) in [5.41, 5.74) is 5.64. The third-order valence-corrected chi connectivity index (χ3v) is 6.13.